The van der Waals surface area contributed by atoms with Gasteiger partial charge in [-0.15, -0.1) is 11.3 Å². The van der Waals surface area contributed by atoms with E-state index in [0.717, 1.165) is 49.1 Å². The predicted molar refractivity (Wildman–Crippen MR) is 134 cm³/mol. The summed E-state index contributed by atoms with van der Waals surface area (Å²) in [6.45, 7) is 3.54. The van der Waals surface area contributed by atoms with Crippen LogP contribution in [-0.4, -0.2) is 36.4 Å². The quantitative estimate of drug-likeness (QED) is 0.238. The van der Waals surface area contributed by atoms with Gasteiger partial charge in [-0.2, -0.15) is 0 Å². The van der Waals surface area contributed by atoms with E-state index in [1.54, 1.807) is 12.3 Å². The van der Waals surface area contributed by atoms with Crippen molar-refractivity contribution in [1.82, 2.24) is 35.2 Å². The molecule has 5 rings (SSSR count). The maximum atomic E-state index is 13.9. The summed E-state index contributed by atoms with van der Waals surface area (Å²) in [6, 6.07) is 5.03. The van der Waals surface area contributed by atoms with Gasteiger partial charge in [-0.3, -0.25) is 4.98 Å². The molecule has 0 aliphatic rings. The number of nitrogens with one attached hydrogen (secondary N) is 3. The maximum absolute atomic E-state index is 13.9. The van der Waals surface area contributed by atoms with Crippen molar-refractivity contribution < 1.29 is 4.39 Å². The van der Waals surface area contributed by atoms with Crippen LogP contribution >= 0.6 is 34.3 Å². The van der Waals surface area contributed by atoms with Gasteiger partial charge in [0.25, 0.3) is 0 Å². The summed E-state index contributed by atoms with van der Waals surface area (Å²) >= 11 is 9.50. The standard InChI is InChI=1S/C22H20ClFN8S2/c1-12-27-10-16(31-12)17-7-13(20(23)33-17)8-25-6-4-18-32-19-21(29-11-30-22(19)34-18)28-9-15-14(24)3-2-5-26-15/h2-3,5,7,10-11,25H,4,6,8-9H2,1H3,(H,27,31)(H,28,29,30). The molecule has 0 spiro atoms. The Morgan fingerprint density at radius 1 is 1.15 bits per heavy atom. The molecule has 0 unspecified atom stereocenters. The second-order valence-corrected chi connectivity index (χ2v) is 10.2. The SMILES string of the molecule is Cc1ncc(-c2cc(CNCCc3nc4c(NCc5ncccc5F)ncnc4s3)c(Cl)s2)[nH]1. The van der Waals surface area contributed by atoms with Crippen LogP contribution in [0.1, 0.15) is 22.1 Å². The number of imidazole rings is 1. The number of fused-ring (bicyclic) bond motifs is 1. The van der Waals surface area contributed by atoms with E-state index in [1.807, 2.05) is 13.1 Å². The predicted octanol–water partition coefficient (Wildman–Crippen LogP) is 4.98. The number of H-pyrrole nitrogens is 1. The van der Waals surface area contributed by atoms with Gasteiger partial charge in [-0.05, 0) is 30.7 Å². The number of anilines is 1. The highest BCUT2D eigenvalue weighted by atomic mass is 35.5. The summed E-state index contributed by atoms with van der Waals surface area (Å²) in [6.07, 6.45) is 5.60. The second-order valence-electron chi connectivity index (χ2n) is 7.49. The number of pyridine rings is 1. The Morgan fingerprint density at radius 2 is 2.06 bits per heavy atom. The smallest absolute Gasteiger partial charge is 0.157 e. The number of thiophene rings is 1. The third-order valence-corrected chi connectivity index (χ3v) is 7.55. The van der Waals surface area contributed by atoms with Crippen molar-refractivity contribution in [2.24, 2.45) is 0 Å². The molecule has 5 aromatic heterocycles. The van der Waals surface area contributed by atoms with Gasteiger partial charge in [0.2, 0.25) is 0 Å². The fraction of sp³-hybridized carbons (Fsp3) is 0.227. The Bertz CT molecular complexity index is 1430. The molecule has 5 heterocycles. The van der Waals surface area contributed by atoms with Crippen molar-refractivity contribution in [3.63, 3.8) is 0 Å². The van der Waals surface area contributed by atoms with Gasteiger partial charge in [0.1, 0.15) is 28.3 Å². The summed E-state index contributed by atoms with van der Waals surface area (Å²) in [5.74, 6) is 1.09. The zero-order valence-corrected chi connectivity index (χ0v) is 20.5. The first-order chi connectivity index (χ1) is 16.6. The van der Waals surface area contributed by atoms with Crippen molar-refractivity contribution >= 4 is 50.4 Å². The van der Waals surface area contributed by atoms with Crippen molar-refractivity contribution in [2.75, 3.05) is 11.9 Å². The van der Waals surface area contributed by atoms with E-state index in [4.69, 9.17) is 16.6 Å². The number of aromatic nitrogens is 6. The third-order valence-electron chi connectivity index (χ3n) is 5.05. The van der Waals surface area contributed by atoms with E-state index in [1.165, 1.54) is 35.1 Å². The van der Waals surface area contributed by atoms with Crippen LogP contribution in [0.2, 0.25) is 4.34 Å². The van der Waals surface area contributed by atoms with Gasteiger partial charge in [0.05, 0.1) is 38.4 Å². The molecule has 0 aromatic carbocycles. The van der Waals surface area contributed by atoms with Crippen molar-refractivity contribution in [3.05, 3.63) is 69.2 Å². The highest BCUT2D eigenvalue weighted by Gasteiger charge is 2.13. The first-order valence-corrected chi connectivity index (χ1v) is 12.5. The van der Waals surface area contributed by atoms with E-state index in [0.29, 0.717) is 23.6 Å². The van der Waals surface area contributed by atoms with Crippen molar-refractivity contribution in [1.29, 1.82) is 0 Å². The number of aromatic amines is 1. The highest BCUT2D eigenvalue weighted by molar-refractivity contribution is 7.19. The van der Waals surface area contributed by atoms with Gasteiger partial charge in [0, 0.05) is 25.7 Å². The molecule has 0 aliphatic heterocycles. The topological polar surface area (TPSA) is 104 Å². The molecule has 5 aromatic rings. The Hall–Kier alpha value is -2.99. The molecule has 8 nitrogen and oxygen atoms in total. The Morgan fingerprint density at radius 3 is 2.88 bits per heavy atom. The van der Waals surface area contributed by atoms with Crippen LogP contribution in [0.25, 0.3) is 20.9 Å². The van der Waals surface area contributed by atoms with Crippen molar-refractivity contribution in [3.8, 4) is 10.6 Å². The van der Waals surface area contributed by atoms with Gasteiger partial charge in [-0.1, -0.05) is 22.9 Å². The molecule has 0 saturated carbocycles. The van der Waals surface area contributed by atoms with Gasteiger partial charge in [0.15, 0.2) is 5.82 Å². The van der Waals surface area contributed by atoms with Crippen LogP contribution in [0.5, 0.6) is 0 Å². The first-order valence-electron chi connectivity index (χ1n) is 10.5. The number of thiazole rings is 1. The molecule has 0 bridgehead atoms. The van der Waals surface area contributed by atoms with Gasteiger partial charge in [-0.25, -0.2) is 24.3 Å². The summed E-state index contributed by atoms with van der Waals surface area (Å²) in [5, 5.41) is 7.50. The molecule has 0 fully saturated rings. The number of halogens is 2. The van der Waals surface area contributed by atoms with Crippen LogP contribution in [0.4, 0.5) is 10.2 Å². The molecule has 0 atom stereocenters. The van der Waals surface area contributed by atoms with E-state index < -0.39 is 0 Å². The molecule has 3 N–H and O–H groups in total. The molecule has 174 valence electrons. The summed E-state index contributed by atoms with van der Waals surface area (Å²) in [4.78, 5) is 26.7. The number of rotatable bonds is 9. The number of aryl methyl sites for hydroxylation is 1. The molecule has 0 aliphatic carbocycles. The molecule has 0 amide bonds. The zero-order valence-electron chi connectivity index (χ0n) is 18.1. The van der Waals surface area contributed by atoms with Crippen LogP contribution in [0, 0.1) is 12.7 Å². The van der Waals surface area contributed by atoms with Gasteiger partial charge < -0.3 is 15.6 Å². The fourth-order valence-electron chi connectivity index (χ4n) is 3.37. The number of hydrogen-bond acceptors (Lipinski definition) is 9. The summed E-state index contributed by atoms with van der Waals surface area (Å²) in [5.41, 5.74) is 3.03. The fourth-order valence-corrected chi connectivity index (χ4v) is 5.52. The van der Waals surface area contributed by atoms with Crippen LogP contribution in [0.15, 0.2) is 36.9 Å². The number of hydrogen-bond donors (Lipinski definition) is 3. The minimum atomic E-state index is -0.358. The lowest BCUT2D eigenvalue weighted by molar-refractivity contribution is 0.602. The van der Waals surface area contributed by atoms with Gasteiger partial charge >= 0.3 is 0 Å². The van der Waals surface area contributed by atoms with Crippen LogP contribution < -0.4 is 10.6 Å². The molecule has 12 heteroatoms. The third kappa shape index (κ3) is 5.07. The maximum Gasteiger partial charge on any atom is 0.157 e. The monoisotopic (exact) mass is 514 g/mol. The number of nitrogens with zero attached hydrogens (tertiary/aromatic N) is 5. The van der Waals surface area contributed by atoms with Crippen molar-refractivity contribution in [2.45, 2.75) is 26.4 Å². The molecular weight excluding hydrogens is 495 g/mol. The zero-order chi connectivity index (χ0) is 23.5. The molecule has 0 saturated heterocycles. The Kier molecular flexibility index (Phi) is 6.77. The molecule has 34 heavy (non-hydrogen) atoms. The largest absolute Gasteiger partial charge is 0.362 e. The molecule has 0 radical (unpaired) electrons. The normalized spacial score (nSPS) is 11.4. The summed E-state index contributed by atoms with van der Waals surface area (Å²) in [7, 11) is 0. The van der Waals surface area contributed by atoms with Crippen LogP contribution in [0.3, 0.4) is 0 Å². The van der Waals surface area contributed by atoms with E-state index >= 15 is 0 Å². The highest BCUT2D eigenvalue weighted by Crippen LogP contribution is 2.34. The molecular formula is C22H20ClFN8S2. The average Bonchev–Trinajstić information content (AvgIpc) is 3.54. The first kappa shape index (κ1) is 22.8. The average molecular weight is 515 g/mol. The Balaban J connectivity index is 1.19. The minimum absolute atomic E-state index is 0.217. The van der Waals surface area contributed by atoms with E-state index in [2.05, 4.69) is 41.6 Å². The lowest BCUT2D eigenvalue weighted by atomic mass is 10.2. The minimum Gasteiger partial charge on any atom is -0.362 e. The second kappa shape index (κ2) is 10.1. The lowest BCUT2D eigenvalue weighted by Gasteiger charge is -2.05. The Labute approximate surface area is 207 Å². The lowest BCUT2D eigenvalue weighted by Crippen LogP contribution is -2.16. The van der Waals surface area contributed by atoms with Crippen LogP contribution in [-0.2, 0) is 19.5 Å². The summed E-state index contributed by atoms with van der Waals surface area (Å²) < 4.78 is 14.6. The van der Waals surface area contributed by atoms with E-state index in [9.17, 15) is 4.39 Å². The van der Waals surface area contributed by atoms with E-state index in [-0.39, 0.29) is 12.4 Å².